The van der Waals surface area contributed by atoms with Crippen molar-refractivity contribution >= 4 is 5.97 Å². The van der Waals surface area contributed by atoms with Crippen LogP contribution in [0, 0.1) is 0 Å². The highest BCUT2D eigenvalue weighted by Crippen LogP contribution is 2.21. The summed E-state index contributed by atoms with van der Waals surface area (Å²) in [6.07, 6.45) is 10.1. The Hall–Kier alpha value is -1.31. The predicted octanol–water partition coefficient (Wildman–Crippen LogP) is 4.91. The van der Waals surface area contributed by atoms with Crippen LogP contribution in [0.4, 0.5) is 0 Å². The average molecular weight is 262 g/mol. The van der Waals surface area contributed by atoms with Gasteiger partial charge in [0.05, 0.1) is 0 Å². The molecular weight excluding hydrogens is 236 g/mol. The highest BCUT2D eigenvalue weighted by Gasteiger charge is 2.04. The third-order valence-electron chi connectivity index (χ3n) is 3.28. The lowest BCUT2D eigenvalue weighted by molar-refractivity contribution is -0.131. The molecule has 2 heteroatoms. The number of para-hydroxylation sites is 1. The van der Waals surface area contributed by atoms with Gasteiger partial charge in [0.2, 0.25) is 0 Å². The Balaban J connectivity index is 2.26. The SMILES string of the molecule is CCCCCCCCCc1ccccc1OC(C)=O. The lowest BCUT2D eigenvalue weighted by Gasteiger charge is -2.08. The number of hydrogen-bond acceptors (Lipinski definition) is 2. The van der Waals surface area contributed by atoms with Gasteiger partial charge < -0.3 is 4.74 Å². The molecule has 0 N–H and O–H groups in total. The molecule has 0 heterocycles. The molecule has 1 rings (SSSR count). The van der Waals surface area contributed by atoms with E-state index in [2.05, 4.69) is 13.0 Å². The standard InChI is InChI=1S/C17H26O2/c1-3-4-5-6-7-8-9-12-16-13-10-11-14-17(16)19-15(2)18/h10-11,13-14H,3-9,12H2,1-2H3. The number of hydrogen-bond donors (Lipinski definition) is 0. The van der Waals surface area contributed by atoms with Gasteiger partial charge in [0.25, 0.3) is 0 Å². The molecule has 0 bridgehead atoms. The highest BCUT2D eigenvalue weighted by molar-refractivity contribution is 5.69. The van der Waals surface area contributed by atoms with Crippen molar-refractivity contribution in [2.45, 2.75) is 65.2 Å². The van der Waals surface area contributed by atoms with Crippen LogP contribution in [-0.4, -0.2) is 5.97 Å². The quantitative estimate of drug-likeness (QED) is 0.359. The molecule has 19 heavy (non-hydrogen) atoms. The number of esters is 1. The third kappa shape index (κ3) is 7.00. The molecular formula is C17H26O2. The fraction of sp³-hybridized carbons (Fsp3) is 0.588. The molecule has 1 aromatic rings. The first-order valence-electron chi connectivity index (χ1n) is 7.50. The highest BCUT2D eigenvalue weighted by atomic mass is 16.5. The van der Waals surface area contributed by atoms with Crippen LogP contribution in [-0.2, 0) is 11.2 Å². The number of unbranched alkanes of at least 4 members (excludes halogenated alkanes) is 6. The fourth-order valence-electron chi connectivity index (χ4n) is 2.24. The lowest BCUT2D eigenvalue weighted by Crippen LogP contribution is -2.03. The van der Waals surface area contributed by atoms with E-state index >= 15 is 0 Å². The van der Waals surface area contributed by atoms with Crippen molar-refractivity contribution in [2.24, 2.45) is 0 Å². The molecule has 1 aromatic carbocycles. The number of carbonyl (C=O) groups is 1. The van der Waals surface area contributed by atoms with Gasteiger partial charge in [-0.25, -0.2) is 0 Å². The summed E-state index contributed by atoms with van der Waals surface area (Å²) in [6, 6.07) is 7.84. The Morgan fingerprint density at radius 1 is 1.00 bits per heavy atom. The number of rotatable bonds is 9. The number of aryl methyl sites for hydroxylation is 1. The van der Waals surface area contributed by atoms with E-state index < -0.39 is 0 Å². The molecule has 0 radical (unpaired) electrons. The molecule has 0 atom stereocenters. The summed E-state index contributed by atoms with van der Waals surface area (Å²) in [5.74, 6) is 0.480. The van der Waals surface area contributed by atoms with Gasteiger partial charge in [0.1, 0.15) is 5.75 Å². The molecule has 0 unspecified atom stereocenters. The van der Waals surface area contributed by atoms with Crippen LogP contribution >= 0.6 is 0 Å². The summed E-state index contributed by atoms with van der Waals surface area (Å²) in [7, 11) is 0. The molecule has 0 aliphatic rings. The second kappa shape index (κ2) is 9.60. The van der Waals surface area contributed by atoms with Crippen molar-refractivity contribution in [2.75, 3.05) is 0 Å². The van der Waals surface area contributed by atoms with E-state index in [9.17, 15) is 4.79 Å². The molecule has 0 fully saturated rings. The van der Waals surface area contributed by atoms with E-state index in [4.69, 9.17) is 4.74 Å². The molecule has 0 amide bonds. The summed E-state index contributed by atoms with van der Waals surface area (Å²) < 4.78 is 5.22. The molecule has 0 aliphatic carbocycles. The average Bonchev–Trinajstić information content (AvgIpc) is 2.39. The maximum atomic E-state index is 11.0. The zero-order valence-electron chi connectivity index (χ0n) is 12.3. The van der Waals surface area contributed by atoms with Crippen LogP contribution in [0.1, 0.15) is 64.4 Å². The van der Waals surface area contributed by atoms with Crippen LogP contribution in [0.5, 0.6) is 5.75 Å². The van der Waals surface area contributed by atoms with Gasteiger partial charge in [-0.3, -0.25) is 4.79 Å². The number of benzene rings is 1. The van der Waals surface area contributed by atoms with Crippen LogP contribution < -0.4 is 4.74 Å². The van der Waals surface area contributed by atoms with E-state index in [1.54, 1.807) is 0 Å². The Morgan fingerprint density at radius 3 is 2.32 bits per heavy atom. The second-order valence-corrected chi connectivity index (χ2v) is 5.07. The molecule has 0 aliphatic heterocycles. The van der Waals surface area contributed by atoms with Crippen LogP contribution in [0.2, 0.25) is 0 Å². The number of carbonyl (C=O) groups excluding carboxylic acids is 1. The van der Waals surface area contributed by atoms with Gasteiger partial charge in [0.15, 0.2) is 0 Å². The van der Waals surface area contributed by atoms with Gasteiger partial charge in [-0.05, 0) is 24.5 Å². The summed E-state index contributed by atoms with van der Waals surface area (Å²) in [4.78, 5) is 11.0. The van der Waals surface area contributed by atoms with E-state index in [1.807, 2.05) is 18.2 Å². The minimum absolute atomic E-state index is 0.244. The van der Waals surface area contributed by atoms with Crippen LogP contribution in [0.15, 0.2) is 24.3 Å². The molecule has 106 valence electrons. The predicted molar refractivity (Wildman–Crippen MR) is 79.4 cm³/mol. The van der Waals surface area contributed by atoms with Crippen molar-refractivity contribution in [1.82, 2.24) is 0 Å². The van der Waals surface area contributed by atoms with Crippen molar-refractivity contribution in [1.29, 1.82) is 0 Å². The normalized spacial score (nSPS) is 10.4. The fourth-order valence-corrected chi connectivity index (χ4v) is 2.24. The maximum Gasteiger partial charge on any atom is 0.308 e. The summed E-state index contributed by atoms with van der Waals surface area (Å²) in [5.41, 5.74) is 1.14. The van der Waals surface area contributed by atoms with Crippen molar-refractivity contribution in [3.05, 3.63) is 29.8 Å². The Morgan fingerprint density at radius 2 is 1.63 bits per heavy atom. The largest absolute Gasteiger partial charge is 0.426 e. The third-order valence-corrected chi connectivity index (χ3v) is 3.28. The topological polar surface area (TPSA) is 26.3 Å². The monoisotopic (exact) mass is 262 g/mol. The van der Waals surface area contributed by atoms with Gasteiger partial charge in [-0.1, -0.05) is 63.6 Å². The van der Waals surface area contributed by atoms with Crippen molar-refractivity contribution in [3.63, 3.8) is 0 Å². The van der Waals surface area contributed by atoms with E-state index in [0.717, 1.165) is 17.7 Å². The maximum absolute atomic E-state index is 11.0. The summed E-state index contributed by atoms with van der Waals surface area (Å²) in [5, 5.41) is 0. The van der Waals surface area contributed by atoms with E-state index in [1.165, 1.54) is 51.9 Å². The summed E-state index contributed by atoms with van der Waals surface area (Å²) >= 11 is 0. The van der Waals surface area contributed by atoms with E-state index in [-0.39, 0.29) is 5.97 Å². The van der Waals surface area contributed by atoms with Crippen molar-refractivity contribution in [3.8, 4) is 5.75 Å². The Labute approximate surface area is 117 Å². The van der Waals surface area contributed by atoms with Gasteiger partial charge in [-0.2, -0.15) is 0 Å². The zero-order chi connectivity index (χ0) is 13.9. The van der Waals surface area contributed by atoms with Crippen LogP contribution in [0.25, 0.3) is 0 Å². The summed E-state index contributed by atoms with van der Waals surface area (Å²) in [6.45, 7) is 3.69. The molecule has 0 saturated carbocycles. The molecule has 0 aromatic heterocycles. The van der Waals surface area contributed by atoms with Gasteiger partial charge >= 0.3 is 5.97 Å². The number of ether oxygens (including phenoxy) is 1. The first kappa shape index (κ1) is 15.7. The van der Waals surface area contributed by atoms with Gasteiger partial charge in [-0.15, -0.1) is 0 Å². The molecule has 0 spiro atoms. The Kier molecular flexibility index (Phi) is 7.95. The Bertz CT molecular complexity index is 371. The molecule has 2 nitrogen and oxygen atoms in total. The molecule has 0 saturated heterocycles. The minimum atomic E-state index is -0.244. The minimum Gasteiger partial charge on any atom is -0.426 e. The smallest absolute Gasteiger partial charge is 0.308 e. The lowest BCUT2D eigenvalue weighted by atomic mass is 10.0. The first-order valence-corrected chi connectivity index (χ1v) is 7.50. The first-order chi connectivity index (χ1) is 9.24. The van der Waals surface area contributed by atoms with Crippen LogP contribution in [0.3, 0.4) is 0 Å². The van der Waals surface area contributed by atoms with Crippen molar-refractivity contribution < 1.29 is 9.53 Å². The zero-order valence-corrected chi connectivity index (χ0v) is 12.3. The van der Waals surface area contributed by atoms with Gasteiger partial charge in [0, 0.05) is 6.92 Å². The second-order valence-electron chi connectivity index (χ2n) is 5.07. The van der Waals surface area contributed by atoms with E-state index in [0.29, 0.717) is 0 Å².